The first-order valence-corrected chi connectivity index (χ1v) is 6.54. The molecule has 104 valence electrons. The Balaban J connectivity index is 2.72. The van der Waals surface area contributed by atoms with Crippen molar-refractivity contribution < 1.29 is 14.7 Å². The highest BCUT2D eigenvalue weighted by Crippen LogP contribution is 2.17. The minimum Gasteiger partial charge on any atom is -0.481 e. The minimum atomic E-state index is -0.906. The minimum absolute atomic E-state index is 0.0330. The standard InChI is InChI=1S/C14H18ClNO3/c1-10(2)16(8-7-14(18)19)13(17)9-11-5-3-4-6-12(11)15/h3-6,10H,7-9H2,1-2H3,(H,18,19). The van der Waals surface area contributed by atoms with E-state index in [0.29, 0.717) is 5.02 Å². The fourth-order valence-corrected chi connectivity index (χ4v) is 2.00. The SMILES string of the molecule is CC(C)N(CCC(=O)O)C(=O)Cc1ccccc1Cl. The molecule has 4 nitrogen and oxygen atoms in total. The van der Waals surface area contributed by atoms with Gasteiger partial charge in [0.2, 0.25) is 5.91 Å². The molecule has 1 aromatic rings. The lowest BCUT2D eigenvalue weighted by Crippen LogP contribution is -2.39. The first-order valence-electron chi connectivity index (χ1n) is 6.16. The number of amides is 1. The Morgan fingerprint density at radius 1 is 1.32 bits per heavy atom. The van der Waals surface area contributed by atoms with Crippen LogP contribution in [0.25, 0.3) is 0 Å². The van der Waals surface area contributed by atoms with Crippen LogP contribution < -0.4 is 0 Å². The third kappa shape index (κ3) is 4.91. The molecular formula is C14H18ClNO3. The lowest BCUT2D eigenvalue weighted by molar-refractivity contribution is -0.139. The number of carboxylic acid groups (broad SMARTS) is 1. The van der Waals surface area contributed by atoms with Gasteiger partial charge in [-0.1, -0.05) is 29.8 Å². The molecule has 0 saturated heterocycles. The van der Waals surface area contributed by atoms with E-state index in [2.05, 4.69) is 0 Å². The summed E-state index contributed by atoms with van der Waals surface area (Å²) in [4.78, 5) is 24.4. The van der Waals surface area contributed by atoms with E-state index in [1.165, 1.54) is 0 Å². The van der Waals surface area contributed by atoms with Crippen molar-refractivity contribution in [3.63, 3.8) is 0 Å². The summed E-state index contributed by atoms with van der Waals surface area (Å²) >= 11 is 6.02. The van der Waals surface area contributed by atoms with Crippen LogP contribution in [0.2, 0.25) is 5.02 Å². The van der Waals surface area contributed by atoms with Crippen LogP contribution in [0.4, 0.5) is 0 Å². The number of carboxylic acids is 1. The van der Waals surface area contributed by atoms with Gasteiger partial charge in [0, 0.05) is 17.6 Å². The van der Waals surface area contributed by atoms with Crippen molar-refractivity contribution in [1.82, 2.24) is 4.90 Å². The van der Waals surface area contributed by atoms with Gasteiger partial charge < -0.3 is 10.0 Å². The van der Waals surface area contributed by atoms with Crippen LogP contribution in [0.5, 0.6) is 0 Å². The maximum Gasteiger partial charge on any atom is 0.305 e. The Morgan fingerprint density at radius 2 is 1.95 bits per heavy atom. The van der Waals surface area contributed by atoms with Gasteiger partial charge in [0.25, 0.3) is 0 Å². The molecule has 0 radical (unpaired) electrons. The van der Waals surface area contributed by atoms with Crippen LogP contribution in [0.1, 0.15) is 25.8 Å². The maximum absolute atomic E-state index is 12.2. The van der Waals surface area contributed by atoms with Gasteiger partial charge in [0.1, 0.15) is 0 Å². The molecule has 1 aromatic carbocycles. The zero-order chi connectivity index (χ0) is 14.4. The van der Waals surface area contributed by atoms with Crippen molar-refractivity contribution in [2.75, 3.05) is 6.54 Å². The number of benzene rings is 1. The molecule has 0 spiro atoms. The van der Waals surface area contributed by atoms with Gasteiger partial charge in [-0.2, -0.15) is 0 Å². The molecule has 0 bridgehead atoms. The summed E-state index contributed by atoms with van der Waals surface area (Å²) in [5, 5.41) is 9.25. The summed E-state index contributed by atoms with van der Waals surface area (Å²) in [6, 6.07) is 7.14. The highest BCUT2D eigenvalue weighted by atomic mass is 35.5. The number of halogens is 1. The zero-order valence-corrected chi connectivity index (χ0v) is 11.9. The summed E-state index contributed by atoms with van der Waals surface area (Å²) < 4.78 is 0. The van der Waals surface area contributed by atoms with Crippen LogP contribution in [0, 0.1) is 0 Å². The average molecular weight is 284 g/mol. The van der Waals surface area contributed by atoms with Crippen molar-refractivity contribution in [2.45, 2.75) is 32.7 Å². The zero-order valence-electron chi connectivity index (χ0n) is 11.1. The number of hydrogen-bond donors (Lipinski definition) is 1. The summed E-state index contributed by atoms with van der Waals surface area (Å²) in [5.41, 5.74) is 0.759. The molecule has 0 aliphatic carbocycles. The predicted octanol–water partition coefficient (Wildman–Crippen LogP) is 2.59. The third-order valence-corrected chi connectivity index (χ3v) is 3.18. The number of rotatable bonds is 6. The molecule has 0 atom stereocenters. The molecule has 1 rings (SSSR count). The Bertz CT molecular complexity index is 460. The number of nitrogens with zero attached hydrogens (tertiary/aromatic N) is 1. The Labute approximate surface area is 118 Å². The van der Waals surface area contributed by atoms with E-state index >= 15 is 0 Å². The van der Waals surface area contributed by atoms with E-state index < -0.39 is 5.97 Å². The second-order valence-electron chi connectivity index (χ2n) is 4.59. The van der Waals surface area contributed by atoms with Crippen molar-refractivity contribution in [1.29, 1.82) is 0 Å². The van der Waals surface area contributed by atoms with E-state index in [1.54, 1.807) is 23.1 Å². The van der Waals surface area contributed by atoms with Crippen LogP contribution in [-0.4, -0.2) is 34.5 Å². The molecule has 0 unspecified atom stereocenters. The Morgan fingerprint density at radius 3 is 2.47 bits per heavy atom. The Kier molecular flexibility index (Phi) is 5.83. The van der Waals surface area contributed by atoms with Crippen molar-refractivity contribution in [3.05, 3.63) is 34.9 Å². The van der Waals surface area contributed by atoms with E-state index in [0.717, 1.165) is 5.56 Å². The number of hydrogen-bond acceptors (Lipinski definition) is 2. The van der Waals surface area contributed by atoms with E-state index in [-0.39, 0.29) is 31.3 Å². The van der Waals surface area contributed by atoms with E-state index in [4.69, 9.17) is 16.7 Å². The molecule has 0 saturated carbocycles. The van der Waals surface area contributed by atoms with E-state index in [9.17, 15) is 9.59 Å². The number of carbonyl (C=O) groups excluding carboxylic acids is 1. The van der Waals surface area contributed by atoms with Crippen LogP contribution in [0.15, 0.2) is 24.3 Å². The molecule has 0 aromatic heterocycles. The van der Waals surface area contributed by atoms with E-state index in [1.807, 2.05) is 19.9 Å². The van der Waals surface area contributed by atoms with Crippen molar-refractivity contribution >= 4 is 23.5 Å². The van der Waals surface area contributed by atoms with Gasteiger partial charge in [0.05, 0.1) is 12.8 Å². The molecule has 1 amide bonds. The lowest BCUT2D eigenvalue weighted by atomic mass is 10.1. The topological polar surface area (TPSA) is 57.6 Å². The molecule has 0 heterocycles. The molecule has 19 heavy (non-hydrogen) atoms. The van der Waals surface area contributed by atoms with Gasteiger partial charge >= 0.3 is 5.97 Å². The highest BCUT2D eigenvalue weighted by Gasteiger charge is 2.18. The molecule has 0 aliphatic rings. The predicted molar refractivity (Wildman–Crippen MR) is 74.3 cm³/mol. The lowest BCUT2D eigenvalue weighted by Gasteiger charge is -2.26. The monoisotopic (exact) mass is 283 g/mol. The summed E-state index contributed by atoms with van der Waals surface area (Å²) in [6.07, 6.45) is 0.143. The second-order valence-corrected chi connectivity index (χ2v) is 5.00. The van der Waals surface area contributed by atoms with Gasteiger partial charge in [-0.15, -0.1) is 0 Å². The smallest absolute Gasteiger partial charge is 0.305 e. The quantitative estimate of drug-likeness (QED) is 0.873. The normalized spacial score (nSPS) is 10.5. The first-order chi connectivity index (χ1) is 8.91. The maximum atomic E-state index is 12.2. The molecule has 0 aliphatic heterocycles. The van der Waals surface area contributed by atoms with Gasteiger partial charge in [-0.25, -0.2) is 0 Å². The number of aliphatic carboxylic acids is 1. The van der Waals surface area contributed by atoms with Gasteiger partial charge in [0.15, 0.2) is 0 Å². The second kappa shape index (κ2) is 7.14. The van der Waals surface area contributed by atoms with Crippen LogP contribution >= 0.6 is 11.6 Å². The summed E-state index contributed by atoms with van der Waals surface area (Å²) in [5.74, 6) is -1.01. The van der Waals surface area contributed by atoms with Crippen LogP contribution in [-0.2, 0) is 16.0 Å². The molecule has 0 fully saturated rings. The largest absolute Gasteiger partial charge is 0.481 e. The third-order valence-electron chi connectivity index (χ3n) is 2.81. The molecule has 5 heteroatoms. The summed E-state index contributed by atoms with van der Waals surface area (Å²) in [7, 11) is 0. The molecular weight excluding hydrogens is 266 g/mol. The fraction of sp³-hybridized carbons (Fsp3) is 0.429. The van der Waals surface area contributed by atoms with Gasteiger partial charge in [-0.05, 0) is 25.5 Å². The highest BCUT2D eigenvalue weighted by molar-refractivity contribution is 6.31. The van der Waals surface area contributed by atoms with Crippen molar-refractivity contribution in [3.8, 4) is 0 Å². The van der Waals surface area contributed by atoms with Gasteiger partial charge in [-0.3, -0.25) is 9.59 Å². The fourth-order valence-electron chi connectivity index (χ4n) is 1.79. The Hall–Kier alpha value is -1.55. The first kappa shape index (κ1) is 15.5. The summed E-state index contributed by atoms with van der Waals surface area (Å²) in [6.45, 7) is 3.95. The van der Waals surface area contributed by atoms with Crippen molar-refractivity contribution in [2.24, 2.45) is 0 Å². The van der Waals surface area contributed by atoms with Crippen LogP contribution in [0.3, 0.4) is 0 Å². The average Bonchev–Trinajstić information content (AvgIpc) is 2.31. The molecule has 1 N–H and O–H groups in total. The number of carbonyl (C=O) groups is 2.